The zero-order valence-corrected chi connectivity index (χ0v) is 13.9. The lowest BCUT2D eigenvalue weighted by atomic mass is 10.2. The molecule has 0 saturated carbocycles. The van der Waals surface area contributed by atoms with Crippen LogP contribution in [0, 0.1) is 0 Å². The third-order valence-corrected chi connectivity index (χ3v) is 3.34. The predicted octanol–water partition coefficient (Wildman–Crippen LogP) is 2.13. The molecule has 0 aliphatic heterocycles. The fourth-order valence-electron chi connectivity index (χ4n) is 1.98. The second kappa shape index (κ2) is 9.22. The van der Waals surface area contributed by atoms with Crippen LogP contribution in [0.2, 0.25) is 0 Å². The lowest BCUT2D eigenvalue weighted by Crippen LogP contribution is -2.34. The highest BCUT2D eigenvalue weighted by Crippen LogP contribution is 2.12. The maximum atomic E-state index is 11.8. The standard InChI is InChI=1S/C19H19NO5/c1-2-14-8-10-16(11-9-14)24-13-18(22)25-12-17(21)20-19(23)15-6-4-3-5-7-15/h3-11H,2,12-13H2,1H3,(H,20,21,23). The maximum absolute atomic E-state index is 11.8. The van der Waals surface area contributed by atoms with Gasteiger partial charge in [-0.25, -0.2) is 4.79 Å². The Hall–Kier alpha value is -3.15. The monoisotopic (exact) mass is 341 g/mol. The molecule has 0 aliphatic carbocycles. The van der Waals surface area contributed by atoms with Crippen molar-refractivity contribution in [2.45, 2.75) is 13.3 Å². The first kappa shape index (κ1) is 18.2. The van der Waals surface area contributed by atoms with Gasteiger partial charge in [0.15, 0.2) is 13.2 Å². The predicted molar refractivity (Wildman–Crippen MR) is 91.2 cm³/mol. The maximum Gasteiger partial charge on any atom is 0.344 e. The Morgan fingerprint density at radius 3 is 2.24 bits per heavy atom. The summed E-state index contributed by atoms with van der Waals surface area (Å²) in [6, 6.07) is 15.6. The number of ether oxygens (including phenoxy) is 2. The zero-order valence-electron chi connectivity index (χ0n) is 13.9. The Balaban J connectivity index is 1.70. The topological polar surface area (TPSA) is 81.7 Å². The number of aryl methyl sites for hydroxylation is 1. The van der Waals surface area contributed by atoms with E-state index in [0.29, 0.717) is 11.3 Å². The molecule has 0 bridgehead atoms. The van der Waals surface area contributed by atoms with E-state index in [4.69, 9.17) is 9.47 Å². The van der Waals surface area contributed by atoms with Crippen LogP contribution >= 0.6 is 0 Å². The third kappa shape index (κ3) is 6.10. The Morgan fingerprint density at radius 1 is 0.920 bits per heavy atom. The Morgan fingerprint density at radius 2 is 1.60 bits per heavy atom. The van der Waals surface area contributed by atoms with Crippen LogP contribution in [0.3, 0.4) is 0 Å². The number of carbonyl (C=O) groups excluding carboxylic acids is 3. The fraction of sp³-hybridized carbons (Fsp3) is 0.211. The van der Waals surface area contributed by atoms with Gasteiger partial charge in [-0.2, -0.15) is 0 Å². The molecular formula is C19H19NO5. The highest BCUT2D eigenvalue weighted by Gasteiger charge is 2.12. The first-order valence-corrected chi connectivity index (χ1v) is 7.85. The molecule has 0 fully saturated rings. The summed E-state index contributed by atoms with van der Waals surface area (Å²) in [6.07, 6.45) is 0.916. The van der Waals surface area contributed by atoms with Gasteiger partial charge in [0.2, 0.25) is 0 Å². The van der Waals surface area contributed by atoms with Crippen molar-refractivity contribution in [3.05, 3.63) is 65.7 Å². The molecule has 2 aromatic rings. The summed E-state index contributed by atoms with van der Waals surface area (Å²) >= 11 is 0. The number of imide groups is 1. The lowest BCUT2D eigenvalue weighted by molar-refractivity contribution is -0.150. The van der Waals surface area contributed by atoms with Crippen molar-refractivity contribution < 1.29 is 23.9 Å². The van der Waals surface area contributed by atoms with Crippen LogP contribution in [0.1, 0.15) is 22.8 Å². The van der Waals surface area contributed by atoms with E-state index in [0.717, 1.165) is 12.0 Å². The van der Waals surface area contributed by atoms with Crippen LogP contribution in [0.25, 0.3) is 0 Å². The molecule has 0 unspecified atom stereocenters. The van der Waals surface area contributed by atoms with Gasteiger partial charge >= 0.3 is 5.97 Å². The first-order chi connectivity index (χ1) is 12.1. The van der Waals surface area contributed by atoms with Gasteiger partial charge in [0.25, 0.3) is 11.8 Å². The van der Waals surface area contributed by atoms with Crippen molar-refractivity contribution in [1.29, 1.82) is 0 Å². The highest BCUT2D eigenvalue weighted by molar-refractivity contribution is 6.05. The van der Waals surface area contributed by atoms with Crippen LogP contribution in [-0.4, -0.2) is 31.0 Å². The van der Waals surface area contributed by atoms with Crippen molar-refractivity contribution in [1.82, 2.24) is 5.32 Å². The van der Waals surface area contributed by atoms with Crippen molar-refractivity contribution in [2.24, 2.45) is 0 Å². The number of hydrogen-bond acceptors (Lipinski definition) is 5. The molecule has 2 aromatic carbocycles. The van der Waals surface area contributed by atoms with E-state index in [-0.39, 0.29) is 6.61 Å². The second-order valence-corrected chi connectivity index (χ2v) is 5.19. The van der Waals surface area contributed by atoms with Crippen molar-refractivity contribution in [3.63, 3.8) is 0 Å². The Labute approximate surface area is 145 Å². The molecule has 130 valence electrons. The van der Waals surface area contributed by atoms with Crippen LogP contribution in [0.4, 0.5) is 0 Å². The van der Waals surface area contributed by atoms with Crippen molar-refractivity contribution in [2.75, 3.05) is 13.2 Å². The van der Waals surface area contributed by atoms with E-state index in [1.165, 1.54) is 0 Å². The summed E-state index contributed by atoms with van der Waals surface area (Å²) in [4.78, 5) is 35.0. The number of rotatable bonds is 7. The quantitative estimate of drug-likeness (QED) is 0.780. The van der Waals surface area contributed by atoms with E-state index in [1.807, 2.05) is 19.1 Å². The molecule has 0 heterocycles. The Kier molecular flexibility index (Phi) is 6.71. The third-order valence-electron chi connectivity index (χ3n) is 3.34. The molecule has 6 nitrogen and oxygen atoms in total. The molecular weight excluding hydrogens is 322 g/mol. The summed E-state index contributed by atoms with van der Waals surface area (Å²) in [5.74, 6) is -1.40. The molecule has 0 spiro atoms. The number of esters is 1. The first-order valence-electron chi connectivity index (χ1n) is 7.85. The molecule has 0 aliphatic rings. The average molecular weight is 341 g/mol. The van der Waals surface area contributed by atoms with E-state index < -0.39 is 24.4 Å². The van der Waals surface area contributed by atoms with Gasteiger partial charge in [-0.3, -0.25) is 14.9 Å². The van der Waals surface area contributed by atoms with Crippen LogP contribution < -0.4 is 10.1 Å². The second-order valence-electron chi connectivity index (χ2n) is 5.19. The highest BCUT2D eigenvalue weighted by atomic mass is 16.6. The molecule has 0 radical (unpaired) electrons. The number of benzene rings is 2. The molecule has 0 saturated heterocycles. The fourth-order valence-corrected chi connectivity index (χ4v) is 1.98. The minimum absolute atomic E-state index is 0.314. The van der Waals surface area contributed by atoms with Gasteiger partial charge in [-0.05, 0) is 36.2 Å². The smallest absolute Gasteiger partial charge is 0.344 e. The van der Waals surface area contributed by atoms with E-state index in [2.05, 4.69) is 5.32 Å². The molecule has 0 atom stereocenters. The van der Waals surface area contributed by atoms with Gasteiger partial charge in [-0.15, -0.1) is 0 Å². The van der Waals surface area contributed by atoms with Gasteiger partial charge < -0.3 is 9.47 Å². The number of amides is 2. The van der Waals surface area contributed by atoms with E-state index in [1.54, 1.807) is 42.5 Å². The molecule has 25 heavy (non-hydrogen) atoms. The largest absolute Gasteiger partial charge is 0.482 e. The minimum Gasteiger partial charge on any atom is -0.482 e. The number of nitrogens with one attached hydrogen (secondary N) is 1. The normalized spacial score (nSPS) is 9.96. The number of hydrogen-bond donors (Lipinski definition) is 1. The summed E-state index contributed by atoms with van der Waals surface area (Å²) < 4.78 is 10.1. The molecule has 2 rings (SSSR count). The van der Waals surface area contributed by atoms with Gasteiger partial charge in [0.05, 0.1) is 0 Å². The van der Waals surface area contributed by atoms with Crippen LogP contribution in [-0.2, 0) is 20.7 Å². The van der Waals surface area contributed by atoms with Crippen LogP contribution in [0.5, 0.6) is 5.75 Å². The van der Waals surface area contributed by atoms with E-state index >= 15 is 0 Å². The lowest BCUT2D eigenvalue weighted by Gasteiger charge is -2.08. The van der Waals surface area contributed by atoms with Gasteiger partial charge in [0.1, 0.15) is 5.75 Å². The van der Waals surface area contributed by atoms with Gasteiger partial charge in [0, 0.05) is 5.56 Å². The van der Waals surface area contributed by atoms with Crippen molar-refractivity contribution >= 4 is 17.8 Å². The van der Waals surface area contributed by atoms with Gasteiger partial charge in [-0.1, -0.05) is 37.3 Å². The average Bonchev–Trinajstić information content (AvgIpc) is 2.65. The molecule has 6 heteroatoms. The van der Waals surface area contributed by atoms with Crippen LogP contribution in [0.15, 0.2) is 54.6 Å². The summed E-state index contributed by atoms with van der Waals surface area (Å²) in [5.41, 5.74) is 1.51. The summed E-state index contributed by atoms with van der Waals surface area (Å²) in [7, 11) is 0. The van der Waals surface area contributed by atoms with E-state index in [9.17, 15) is 14.4 Å². The summed E-state index contributed by atoms with van der Waals surface area (Å²) in [6.45, 7) is 1.18. The van der Waals surface area contributed by atoms with Crippen molar-refractivity contribution in [3.8, 4) is 5.75 Å². The number of carbonyl (C=O) groups is 3. The zero-order chi connectivity index (χ0) is 18.1. The Bertz CT molecular complexity index is 725. The minimum atomic E-state index is -0.700. The molecule has 1 N–H and O–H groups in total. The molecule has 0 aromatic heterocycles. The summed E-state index contributed by atoms with van der Waals surface area (Å²) in [5, 5.41) is 2.14. The molecule has 2 amide bonds. The SMILES string of the molecule is CCc1ccc(OCC(=O)OCC(=O)NC(=O)c2ccccc2)cc1.